The van der Waals surface area contributed by atoms with Crippen molar-refractivity contribution < 1.29 is 13.2 Å². The molecule has 1 amide bonds. The molecular weight excluding hydrogens is 440 g/mol. The largest absolute Gasteiger partial charge is 0.324 e. The van der Waals surface area contributed by atoms with E-state index in [1.165, 1.54) is 4.90 Å². The predicted molar refractivity (Wildman–Crippen MR) is 134 cm³/mol. The van der Waals surface area contributed by atoms with E-state index in [0.29, 0.717) is 11.4 Å². The molecule has 3 aromatic rings. The SMILES string of the molecule is Cc1cc(CSc2ccccc2)ccc1NC(=O)CN(c1cccc(C)c1C)S(C)(=O)=O. The Morgan fingerprint density at radius 2 is 1.66 bits per heavy atom. The van der Waals surface area contributed by atoms with Crippen LogP contribution in [0.25, 0.3) is 0 Å². The molecular formula is C25H28N2O3S2. The first-order valence-electron chi connectivity index (χ1n) is 10.3. The lowest BCUT2D eigenvalue weighted by Crippen LogP contribution is -2.38. The highest BCUT2D eigenvalue weighted by molar-refractivity contribution is 7.98. The average molecular weight is 469 g/mol. The Morgan fingerprint density at radius 3 is 2.31 bits per heavy atom. The maximum Gasteiger partial charge on any atom is 0.245 e. The number of hydrogen-bond donors (Lipinski definition) is 1. The summed E-state index contributed by atoms with van der Waals surface area (Å²) in [7, 11) is -3.63. The van der Waals surface area contributed by atoms with E-state index in [-0.39, 0.29) is 12.5 Å². The van der Waals surface area contributed by atoms with Gasteiger partial charge in [-0.3, -0.25) is 9.10 Å². The summed E-state index contributed by atoms with van der Waals surface area (Å²) in [6.45, 7) is 5.43. The van der Waals surface area contributed by atoms with E-state index in [4.69, 9.17) is 0 Å². The van der Waals surface area contributed by atoms with Gasteiger partial charge in [0, 0.05) is 16.3 Å². The van der Waals surface area contributed by atoms with Crippen LogP contribution in [0.15, 0.2) is 71.6 Å². The number of benzene rings is 3. The highest BCUT2D eigenvalue weighted by Gasteiger charge is 2.23. The van der Waals surface area contributed by atoms with E-state index < -0.39 is 10.0 Å². The Balaban J connectivity index is 1.70. The predicted octanol–water partition coefficient (Wildman–Crippen LogP) is 5.31. The molecule has 0 saturated heterocycles. The van der Waals surface area contributed by atoms with Crippen LogP contribution in [-0.2, 0) is 20.6 Å². The fourth-order valence-electron chi connectivity index (χ4n) is 3.35. The van der Waals surface area contributed by atoms with Crippen LogP contribution in [0.3, 0.4) is 0 Å². The molecule has 1 N–H and O–H groups in total. The lowest BCUT2D eigenvalue weighted by atomic mass is 10.1. The topological polar surface area (TPSA) is 66.5 Å². The third-order valence-electron chi connectivity index (χ3n) is 5.25. The van der Waals surface area contributed by atoms with Gasteiger partial charge in [-0.2, -0.15) is 0 Å². The Bertz CT molecular complexity index is 1210. The zero-order valence-electron chi connectivity index (χ0n) is 18.8. The number of aryl methyl sites for hydroxylation is 2. The van der Waals surface area contributed by atoms with Gasteiger partial charge in [0.2, 0.25) is 15.9 Å². The van der Waals surface area contributed by atoms with Crippen molar-refractivity contribution in [3.63, 3.8) is 0 Å². The minimum atomic E-state index is -3.63. The number of amides is 1. The molecule has 0 spiro atoms. The molecule has 0 saturated carbocycles. The second kappa shape index (κ2) is 10.2. The monoisotopic (exact) mass is 468 g/mol. The van der Waals surface area contributed by atoms with Crippen molar-refractivity contribution in [1.82, 2.24) is 0 Å². The van der Waals surface area contributed by atoms with E-state index in [0.717, 1.165) is 38.6 Å². The summed E-state index contributed by atoms with van der Waals surface area (Å²) < 4.78 is 26.0. The van der Waals surface area contributed by atoms with Crippen molar-refractivity contribution in [3.05, 3.63) is 89.0 Å². The molecule has 0 fully saturated rings. The van der Waals surface area contributed by atoms with Gasteiger partial charge in [-0.1, -0.05) is 42.5 Å². The third kappa shape index (κ3) is 6.14. The van der Waals surface area contributed by atoms with Gasteiger partial charge in [0.1, 0.15) is 6.54 Å². The van der Waals surface area contributed by atoms with Gasteiger partial charge < -0.3 is 5.32 Å². The summed E-state index contributed by atoms with van der Waals surface area (Å²) in [4.78, 5) is 14.0. The van der Waals surface area contributed by atoms with Crippen molar-refractivity contribution >= 4 is 39.1 Å². The molecule has 0 radical (unpaired) electrons. The van der Waals surface area contributed by atoms with Gasteiger partial charge in [-0.25, -0.2) is 8.42 Å². The van der Waals surface area contributed by atoms with Gasteiger partial charge in [0.15, 0.2) is 0 Å². The maximum absolute atomic E-state index is 12.8. The average Bonchev–Trinajstić information content (AvgIpc) is 2.74. The smallest absolute Gasteiger partial charge is 0.245 e. The van der Waals surface area contributed by atoms with Crippen LogP contribution in [-0.4, -0.2) is 27.1 Å². The number of carbonyl (C=O) groups excluding carboxylic acids is 1. The van der Waals surface area contributed by atoms with Crippen molar-refractivity contribution in [2.45, 2.75) is 31.4 Å². The Hall–Kier alpha value is -2.77. The van der Waals surface area contributed by atoms with Gasteiger partial charge in [-0.05, 0) is 67.3 Å². The molecule has 0 unspecified atom stereocenters. The fourth-order valence-corrected chi connectivity index (χ4v) is 5.12. The van der Waals surface area contributed by atoms with Crippen LogP contribution in [0.4, 0.5) is 11.4 Å². The van der Waals surface area contributed by atoms with Gasteiger partial charge >= 0.3 is 0 Å². The Morgan fingerprint density at radius 1 is 0.938 bits per heavy atom. The Labute approximate surface area is 194 Å². The second-order valence-corrected chi connectivity index (χ2v) is 10.7. The molecule has 3 rings (SSSR count). The molecule has 3 aromatic carbocycles. The number of hydrogen-bond acceptors (Lipinski definition) is 4. The molecule has 168 valence electrons. The summed E-state index contributed by atoms with van der Waals surface area (Å²) in [5.74, 6) is 0.443. The molecule has 0 heterocycles. The molecule has 5 nitrogen and oxygen atoms in total. The number of nitrogens with zero attached hydrogens (tertiary/aromatic N) is 1. The highest BCUT2D eigenvalue weighted by atomic mass is 32.2. The highest BCUT2D eigenvalue weighted by Crippen LogP contribution is 2.26. The van der Waals surface area contributed by atoms with Gasteiger partial charge in [-0.15, -0.1) is 11.8 Å². The minimum Gasteiger partial charge on any atom is -0.324 e. The van der Waals surface area contributed by atoms with E-state index in [2.05, 4.69) is 17.4 Å². The number of nitrogens with one attached hydrogen (secondary N) is 1. The van der Waals surface area contributed by atoms with Crippen LogP contribution in [0.2, 0.25) is 0 Å². The number of sulfonamides is 1. The summed E-state index contributed by atoms with van der Waals surface area (Å²) in [6, 6.07) is 21.5. The van der Waals surface area contributed by atoms with Crippen LogP contribution >= 0.6 is 11.8 Å². The van der Waals surface area contributed by atoms with Crippen molar-refractivity contribution in [2.75, 3.05) is 22.4 Å². The van der Waals surface area contributed by atoms with Crippen LogP contribution in [0.5, 0.6) is 0 Å². The second-order valence-electron chi connectivity index (χ2n) is 7.79. The van der Waals surface area contributed by atoms with Gasteiger partial charge in [0.05, 0.1) is 11.9 Å². The zero-order valence-corrected chi connectivity index (χ0v) is 20.4. The van der Waals surface area contributed by atoms with Crippen LogP contribution < -0.4 is 9.62 Å². The zero-order chi connectivity index (χ0) is 23.3. The van der Waals surface area contributed by atoms with Crippen molar-refractivity contribution in [2.24, 2.45) is 0 Å². The first-order chi connectivity index (χ1) is 15.1. The molecule has 7 heteroatoms. The van der Waals surface area contributed by atoms with E-state index in [1.54, 1.807) is 23.9 Å². The molecule has 0 aliphatic carbocycles. The first kappa shape index (κ1) is 23.9. The Kier molecular flexibility index (Phi) is 7.64. The van der Waals surface area contributed by atoms with Crippen molar-refractivity contribution in [1.29, 1.82) is 0 Å². The molecule has 0 bridgehead atoms. The van der Waals surface area contributed by atoms with Crippen LogP contribution in [0.1, 0.15) is 22.3 Å². The first-order valence-corrected chi connectivity index (χ1v) is 13.1. The lowest BCUT2D eigenvalue weighted by Gasteiger charge is -2.24. The quantitative estimate of drug-likeness (QED) is 0.455. The number of carbonyl (C=O) groups is 1. The molecule has 32 heavy (non-hydrogen) atoms. The van der Waals surface area contributed by atoms with Crippen molar-refractivity contribution in [3.8, 4) is 0 Å². The molecule has 0 aliphatic rings. The standard InChI is InChI=1S/C25H28N2O3S2/c1-18-9-8-12-24(20(18)3)27(32(4,29)30)16-25(28)26-23-14-13-21(15-19(23)2)17-31-22-10-6-5-7-11-22/h5-15H,16-17H2,1-4H3,(H,26,28). The van der Waals surface area contributed by atoms with Crippen LogP contribution in [0, 0.1) is 20.8 Å². The van der Waals surface area contributed by atoms with E-state index in [1.807, 2.05) is 63.2 Å². The molecule has 0 atom stereocenters. The maximum atomic E-state index is 12.8. The minimum absolute atomic E-state index is 0.284. The molecule has 0 aliphatic heterocycles. The summed E-state index contributed by atoms with van der Waals surface area (Å²) in [5.41, 5.74) is 5.09. The third-order valence-corrected chi connectivity index (χ3v) is 7.46. The summed E-state index contributed by atoms with van der Waals surface area (Å²) in [5, 5.41) is 2.87. The van der Waals surface area contributed by atoms with E-state index >= 15 is 0 Å². The number of thioether (sulfide) groups is 1. The van der Waals surface area contributed by atoms with Gasteiger partial charge in [0.25, 0.3) is 0 Å². The summed E-state index contributed by atoms with van der Waals surface area (Å²) in [6.07, 6.45) is 1.12. The fraction of sp³-hybridized carbons (Fsp3) is 0.240. The normalized spacial score (nSPS) is 11.2. The molecule has 0 aromatic heterocycles. The lowest BCUT2D eigenvalue weighted by molar-refractivity contribution is -0.114. The number of rotatable bonds is 8. The number of anilines is 2. The summed E-state index contributed by atoms with van der Waals surface area (Å²) >= 11 is 1.75. The van der Waals surface area contributed by atoms with E-state index in [9.17, 15) is 13.2 Å².